The van der Waals surface area contributed by atoms with E-state index >= 15 is 0 Å². The van der Waals surface area contributed by atoms with Gasteiger partial charge >= 0.3 is 0 Å². The molecule has 0 amide bonds. The Morgan fingerprint density at radius 1 is 0.700 bits per heavy atom. The van der Waals surface area contributed by atoms with Crippen molar-refractivity contribution in [1.82, 2.24) is 10.6 Å². The summed E-state index contributed by atoms with van der Waals surface area (Å²) in [7, 11) is 2.05. The van der Waals surface area contributed by atoms with Crippen LogP contribution in [0.15, 0.2) is 0 Å². The third-order valence-electron chi connectivity index (χ3n) is 4.74. The van der Waals surface area contributed by atoms with Gasteiger partial charge < -0.3 is 10.6 Å². The molecule has 0 spiro atoms. The van der Waals surface area contributed by atoms with E-state index in [0.717, 1.165) is 6.54 Å². The highest BCUT2D eigenvalue weighted by atomic mass is 15.0. The first kappa shape index (κ1) is 19.9. The summed E-state index contributed by atoms with van der Waals surface area (Å²) in [5.74, 6) is 0. The molecule has 2 heteroatoms. The molecule has 0 fully saturated rings. The highest BCUT2D eigenvalue weighted by molar-refractivity contribution is 4.85. The molecular formula is C18H40N2. The van der Waals surface area contributed by atoms with Gasteiger partial charge in [0.1, 0.15) is 0 Å². The second-order valence-electron chi connectivity index (χ2n) is 6.24. The molecule has 0 aliphatic carbocycles. The van der Waals surface area contributed by atoms with Crippen LogP contribution < -0.4 is 10.6 Å². The van der Waals surface area contributed by atoms with Crippen molar-refractivity contribution < 1.29 is 0 Å². The third-order valence-corrected chi connectivity index (χ3v) is 4.74. The minimum atomic E-state index is 0.365. The maximum Gasteiger partial charge on any atom is 0.0188 e. The van der Waals surface area contributed by atoms with Crippen LogP contribution in [0.3, 0.4) is 0 Å². The highest BCUT2D eigenvalue weighted by Gasteiger charge is 2.23. The van der Waals surface area contributed by atoms with E-state index in [0.29, 0.717) is 5.54 Å². The summed E-state index contributed by atoms with van der Waals surface area (Å²) in [6.07, 6.45) is 15.0. The molecular weight excluding hydrogens is 244 g/mol. The van der Waals surface area contributed by atoms with Gasteiger partial charge in [0, 0.05) is 5.54 Å². The molecule has 0 saturated heterocycles. The SMILES string of the molecule is CCCCCCCCCCNC(CC)(CC)CCNC. The Balaban J connectivity index is 3.58. The van der Waals surface area contributed by atoms with E-state index in [2.05, 4.69) is 38.5 Å². The summed E-state index contributed by atoms with van der Waals surface area (Å²) in [6, 6.07) is 0. The van der Waals surface area contributed by atoms with E-state index in [1.807, 2.05) is 0 Å². The van der Waals surface area contributed by atoms with E-state index in [1.54, 1.807) is 0 Å². The molecule has 0 aliphatic heterocycles. The fraction of sp³-hybridized carbons (Fsp3) is 1.00. The minimum Gasteiger partial charge on any atom is -0.320 e. The van der Waals surface area contributed by atoms with Crippen LogP contribution >= 0.6 is 0 Å². The Hall–Kier alpha value is -0.0800. The second-order valence-corrected chi connectivity index (χ2v) is 6.24. The summed E-state index contributed by atoms with van der Waals surface area (Å²) in [6.45, 7) is 9.24. The van der Waals surface area contributed by atoms with Gasteiger partial charge in [-0.3, -0.25) is 0 Å². The summed E-state index contributed by atoms with van der Waals surface area (Å²) >= 11 is 0. The van der Waals surface area contributed by atoms with Gasteiger partial charge in [-0.15, -0.1) is 0 Å². The molecule has 0 atom stereocenters. The van der Waals surface area contributed by atoms with Crippen LogP contribution in [0.4, 0.5) is 0 Å². The third kappa shape index (κ3) is 9.77. The van der Waals surface area contributed by atoms with Gasteiger partial charge in [-0.2, -0.15) is 0 Å². The monoisotopic (exact) mass is 284 g/mol. The standard InChI is InChI=1S/C18H40N2/c1-5-8-9-10-11-12-13-14-16-20-18(6-2,7-3)15-17-19-4/h19-20H,5-17H2,1-4H3. The number of nitrogens with one attached hydrogen (secondary N) is 2. The molecule has 2 N–H and O–H groups in total. The van der Waals surface area contributed by atoms with Crippen molar-refractivity contribution in [2.24, 2.45) is 0 Å². The molecule has 0 unspecified atom stereocenters. The van der Waals surface area contributed by atoms with Crippen LogP contribution in [0.2, 0.25) is 0 Å². The largest absolute Gasteiger partial charge is 0.320 e. The van der Waals surface area contributed by atoms with Crippen molar-refractivity contribution in [2.75, 3.05) is 20.1 Å². The normalized spacial score (nSPS) is 12.0. The zero-order valence-corrected chi connectivity index (χ0v) is 14.7. The molecule has 0 aromatic heterocycles. The second kappa shape index (κ2) is 13.9. The molecule has 0 bridgehead atoms. The first-order valence-electron chi connectivity index (χ1n) is 9.14. The van der Waals surface area contributed by atoms with E-state index in [4.69, 9.17) is 0 Å². The van der Waals surface area contributed by atoms with Crippen molar-refractivity contribution in [2.45, 2.75) is 96.9 Å². The lowest BCUT2D eigenvalue weighted by Gasteiger charge is -2.33. The molecule has 122 valence electrons. The zero-order chi connectivity index (χ0) is 15.1. The Kier molecular flexibility index (Phi) is 13.8. The smallest absolute Gasteiger partial charge is 0.0188 e. The fourth-order valence-corrected chi connectivity index (χ4v) is 2.92. The first-order chi connectivity index (χ1) is 9.74. The van der Waals surface area contributed by atoms with E-state index in [-0.39, 0.29) is 0 Å². The summed E-state index contributed by atoms with van der Waals surface area (Å²) in [5.41, 5.74) is 0.365. The van der Waals surface area contributed by atoms with Crippen LogP contribution in [0, 0.1) is 0 Å². The molecule has 0 radical (unpaired) electrons. The van der Waals surface area contributed by atoms with E-state index in [1.165, 1.54) is 77.2 Å². The summed E-state index contributed by atoms with van der Waals surface area (Å²) in [5, 5.41) is 7.13. The average molecular weight is 285 g/mol. The van der Waals surface area contributed by atoms with Gasteiger partial charge in [-0.1, -0.05) is 65.7 Å². The number of hydrogen-bond acceptors (Lipinski definition) is 2. The quantitative estimate of drug-likeness (QED) is 0.419. The molecule has 0 heterocycles. The van der Waals surface area contributed by atoms with Crippen molar-refractivity contribution >= 4 is 0 Å². The van der Waals surface area contributed by atoms with Gasteiger partial charge in [0.15, 0.2) is 0 Å². The van der Waals surface area contributed by atoms with Crippen LogP contribution in [0.5, 0.6) is 0 Å². The van der Waals surface area contributed by atoms with Crippen molar-refractivity contribution in [3.05, 3.63) is 0 Å². The number of rotatable bonds is 15. The van der Waals surface area contributed by atoms with E-state index < -0.39 is 0 Å². The first-order valence-corrected chi connectivity index (χ1v) is 9.14. The van der Waals surface area contributed by atoms with Gasteiger partial charge in [-0.05, 0) is 45.8 Å². The van der Waals surface area contributed by atoms with Crippen LogP contribution in [-0.2, 0) is 0 Å². The summed E-state index contributed by atoms with van der Waals surface area (Å²) < 4.78 is 0. The van der Waals surface area contributed by atoms with Crippen molar-refractivity contribution in [3.8, 4) is 0 Å². The van der Waals surface area contributed by atoms with Crippen molar-refractivity contribution in [1.29, 1.82) is 0 Å². The predicted molar refractivity (Wildman–Crippen MR) is 92.5 cm³/mol. The predicted octanol–water partition coefficient (Wildman–Crippen LogP) is 4.89. The maximum absolute atomic E-state index is 3.84. The molecule has 2 nitrogen and oxygen atoms in total. The maximum atomic E-state index is 3.84. The Labute approximate surface area is 128 Å². The zero-order valence-electron chi connectivity index (χ0n) is 14.7. The molecule has 0 aromatic rings. The lowest BCUT2D eigenvalue weighted by Crippen LogP contribution is -2.46. The summed E-state index contributed by atoms with van der Waals surface area (Å²) in [4.78, 5) is 0. The van der Waals surface area contributed by atoms with Gasteiger partial charge in [0.2, 0.25) is 0 Å². The fourth-order valence-electron chi connectivity index (χ4n) is 2.92. The van der Waals surface area contributed by atoms with E-state index in [9.17, 15) is 0 Å². The average Bonchev–Trinajstić information content (AvgIpc) is 2.49. The van der Waals surface area contributed by atoms with Crippen LogP contribution in [0.1, 0.15) is 91.4 Å². The molecule has 20 heavy (non-hydrogen) atoms. The van der Waals surface area contributed by atoms with Gasteiger partial charge in [0.05, 0.1) is 0 Å². The van der Waals surface area contributed by atoms with Gasteiger partial charge in [0.25, 0.3) is 0 Å². The molecule has 0 saturated carbocycles. The van der Waals surface area contributed by atoms with Crippen molar-refractivity contribution in [3.63, 3.8) is 0 Å². The molecule has 0 aliphatic rings. The van der Waals surface area contributed by atoms with Crippen LogP contribution in [0.25, 0.3) is 0 Å². The Morgan fingerprint density at radius 2 is 1.25 bits per heavy atom. The van der Waals surface area contributed by atoms with Gasteiger partial charge in [-0.25, -0.2) is 0 Å². The topological polar surface area (TPSA) is 24.1 Å². The Bertz CT molecular complexity index is 188. The number of unbranched alkanes of at least 4 members (excludes halogenated alkanes) is 7. The lowest BCUT2D eigenvalue weighted by atomic mass is 9.88. The van der Waals surface area contributed by atoms with Crippen LogP contribution in [-0.4, -0.2) is 25.7 Å². The molecule has 0 aromatic carbocycles. The highest BCUT2D eigenvalue weighted by Crippen LogP contribution is 2.19. The number of hydrogen-bond donors (Lipinski definition) is 2. The minimum absolute atomic E-state index is 0.365. The Morgan fingerprint density at radius 3 is 1.75 bits per heavy atom. The lowest BCUT2D eigenvalue weighted by molar-refractivity contribution is 0.276. The molecule has 0 rings (SSSR count).